The third-order valence-corrected chi connectivity index (χ3v) is 3.78. The minimum Gasteiger partial charge on any atom is -0.389 e. The van der Waals surface area contributed by atoms with Crippen LogP contribution in [0.4, 0.5) is 0 Å². The van der Waals surface area contributed by atoms with Gasteiger partial charge in [-0.2, -0.15) is 0 Å². The highest BCUT2D eigenvalue weighted by Crippen LogP contribution is 2.05. The number of hydrogen-bond acceptors (Lipinski definition) is 4. The van der Waals surface area contributed by atoms with Crippen molar-refractivity contribution in [3.8, 4) is 0 Å². The number of hydrogen-bond donors (Lipinski definition) is 3. The van der Waals surface area contributed by atoms with Crippen LogP contribution < -0.4 is 10.6 Å². The van der Waals surface area contributed by atoms with E-state index in [9.17, 15) is 5.11 Å². The van der Waals surface area contributed by atoms with E-state index >= 15 is 0 Å². The quantitative estimate of drug-likeness (QED) is 0.162. The Balaban J connectivity index is 0. The largest absolute Gasteiger partial charge is 0.389 e. The van der Waals surface area contributed by atoms with E-state index in [4.69, 9.17) is 4.74 Å². The fraction of sp³-hybridized carbons (Fsp3) is 0.947. The summed E-state index contributed by atoms with van der Waals surface area (Å²) >= 11 is 0. The highest BCUT2D eigenvalue weighted by atomic mass is 127. The first-order valence-corrected chi connectivity index (χ1v) is 9.81. The second kappa shape index (κ2) is 17.0. The molecule has 0 heterocycles. The molecule has 0 saturated heterocycles. The Morgan fingerprint density at radius 3 is 2.15 bits per heavy atom. The molecule has 7 heteroatoms. The van der Waals surface area contributed by atoms with Crippen molar-refractivity contribution in [3.05, 3.63) is 0 Å². The van der Waals surface area contributed by atoms with Gasteiger partial charge in [0.15, 0.2) is 5.96 Å². The predicted octanol–water partition coefficient (Wildman–Crippen LogP) is 2.70. The number of aliphatic imine (C=N–C) groups is 1. The van der Waals surface area contributed by atoms with E-state index < -0.39 is 6.10 Å². The number of nitrogens with one attached hydrogen (secondary N) is 2. The third-order valence-electron chi connectivity index (χ3n) is 3.78. The lowest BCUT2D eigenvalue weighted by Crippen LogP contribution is -2.41. The first kappa shape index (κ1) is 28.1. The Hall–Kier alpha value is -0.120. The van der Waals surface area contributed by atoms with Gasteiger partial charge in [0.2, 0.25) is 0 Å². The lowest BCUT2D eigenvalue weighted by Gasteiger charge is -2.30. The van der Waals surface area contributed by atoms with E-state index in [0.29, 0.717) is 37.8 Å². The fourth-order valence-electron chi connectivity index (χ4n) is 2.61. The topological polar surface area (TPSA) is 69.1 Å². The molecule has 3 N–H and O–H groups in total. The SMILES string of the molecule is CCNC(=NCC(O)COCC(C)C)NCCCN(C(C)C)C(C)C.I. The predicted molar refractivity (Wildman–Crippen MR) is 123 cm³/mol. The summed E-state index contributed by atoms with van der Waals surface area (Å²) in [4.78, 5) is 6.94. The molecule has 0 aliphatic carbocycles. The summed E-state index contributed by atoms with van der Waals surface area (Å²) in [5.74, 6) is 1.23. The molecular formula is C19H43IN4O2. The van der Waals surface area contributed by atoms with E-state index in [0.717, 1.165) is 32.0 Å². The lowest BCUT2D eigenvalue weighted by atomic mass is 10.2. The number of nitrogens with zero attached hydrogens (tertiary/aromatic N) is 2. The van der Waals surface area contributed by atoms with Crippen molar-refractivity contribution in [3.63, 3.8) is 0 Å². The van der Waals surface area contributed by atoms with Crippen LogP contribution >= 0.6 is 24.0 Å². The standard InChI is InChI=1S/C19H42N4O2.HI/c1-8-20-19(22-12-18(24)14-25-13-15(2)3)21-10-9-11-23(16(4)5)17(6)7;/h15-18,24H,8-14H2,1-7H3,(H2,20,21,22);1H. The van der Waals surface area contributed by atoms with Crippen LogP contribution in [0.3, 0.4) is 0 Å². The van der Waals surface area contributed by atoms with E-state index in [2.05, 4.69) is 62.1 Å². The van der Waals surface area contributed by atoms with Gasteiger partial charge in [0.25, 0.3) is 0 Å². The van der Waals surface area contributed by atoms with Crippen LogP contribution in [0.2, 0.25) is 0 Å². The van der Waals surface area contributed by atoms with Gasteiger partial charge >= 0.3 is 0 Å². The molecule has 0 aromatic rings. The third kappa shape index (κ3) is 15.0. The summed E-state index contributed by atoms with van der Waals surface area (Å²) in [6.07, 6.45) is 0.493. The smallest absolute Gasteiger partial charge is 0.191 e. The highest BCUT2D eigenvalue weighted by Gasteiger charge is 2.12. The van der Waals surface area contributed by atoms with Gasteiger partial charge in [0.05, 0.1) is 19.3 Å². The molecule has 0 radical (unpaired) electrons. The van der Waals surface area contributed by atoms with Gasteiger partial charge < -0.3 is 20.5 Å². The van der Waals surface area contributed by atoms with Gasteiger partial charge in [-0.1, -0.05) is 13.8 Å². The summed E-state index contributed by atoms with van der Waals surface area (Å²) < 4.78 is 5.45. The lowest BCUT2D eigenvalue weighted by molar-refractivity contribution is 0.0301. The van der Waals surface area contributed by atoms with Crippen LogP contribution in [0, 0.1) is 5.92 Å². The zero-order valence-corrected chi connectivity index (χ0v) is 20.2. The van der Waals surface area contributed by atoms with Crippen LogP contribution in [0.1, 0.15) is 54.9 Å². The second-order valence-corrected chi connectivity index (χ2v) is 7.51. The van der Waals surface area contributed by atoms with Crippen molar-refractivity contribution >= 4 is 29.9 Å². The Labute approximate surface area is 178 Å². The van der Waals surface area contributed by atoms with Crippen LogP contribution in [0.25, 0.3) is 0 Å². The van der Waals surface area contributed by atoms with Crippen molar-refractivity contribution in [1.82, 2.24) is 15.5 Å². The van der Waals surface area contributed by atoms with E-state index in [1.807, 2.05) is 6.92 Å². The van der Waals surface area contributed by atoms with Crippen LogP contribution in [-0.4, -0.2) is 73.5 Å². The number of ether oxygens (including phenoxy) is 1. The highest BCUT2D eigenvalue weighted by molar-refractivity contribution is 14.0. The van der Waals surface area contributed by atoms with Crippen molar-refractivity contribution < 1.29 is 9.84 Å². The molecule has 0 aliphatic heterocycles. The Bertz CT molecular complexity index is 344. The molecule has 0 saturated carbocycles. The zero-order chi connectivity index (χ0) is 19.2. The fourth-order valence-corrected chi connectivity index (χ4v) is 2.61. The van der Waals surface area contributed by atoms with Gasteiger partial charge in [0.1, 0.15) is 0 Å². The number of aliphatic hydroxyl groups excluding tert-OH is 1. The summed E-state index contributed by atoms with van der Waals surface area (Å²) in [5, 5.41) is 16.5. The molecule has 0 bridgehead atoms. The van der Waals surface area contributed by atoms with Gasteiger partial charge in [-0.25, -0.2) is 0 Å². The number of halogens is 1. The van der Waals surface area contributed by atoms with Crippen LogP contribution in [0.5, 0.6) is 0 Å². The molecule has 0 aromatic heterocycles. The maximum absolute atomic E-state index is 9.95. The van der Waals surface area contributed by atoms with E-state index in [-0.39, 0.29) is 24.0 Å². The van der Waals surface area contributed by atoms with Crippen molar-refractivity contribution in [2.45, 2.75) is 73.1 Å². The maximum atomic E-state index is 9.95. The van der Waals surface area contributed by atoms with Crippen molar-refractivity contribution in [2.75, 3.05) is 39.4 Å². The molecular weight excluding hydrogens is 443 g/mol. The molecule has 6 nitrogen and oxygen atoms in total. The minimum absolute atomic E-state index is 0. The molecule has 0 fully saturated rings. The summed E-state index contributed by atoms with van der Waals surface area (Å²) in [7, 11) is 0. The molecule has 26 heavy (non-hydrogen) atoms. The maximum Gasteiger partial charge on any atom is 0.191 e. The van der Waals surface area contributed by atoms with E-state index in [1.54, 1.807) is 0 Å². The monoisotopic (exact) mass is 486 g/mol. The molecule has 0 aromatic carbocycles. The molecule has 158 valence electrons. The summed E-state index contributed by atoms with van der Waals surface area (Å²) in [6, 6.07) is 1.12. The van der Waals surface area contributed by atoms with Gasteiger partial charge in [-0.15, -0.1) is 24.0 Å². The Morgan fingerprint density at radius 2 is 1.65 bits per heavy atom. The molecule has 0 amide bonds. The summed E-state index contributed by atoms with van der Waals surface area (Å²) in [6.45, 7) is 19.3. The van der Waals surface area contributed by atoms with E-state index in [1.165, 1.54) is 0 Å². The summed E-state index contributed by atoms with van der Waals surface area (Å²) in [5.41, 5.74) is 0. The van der Waals surface area contributed by atoms with Gasteiger partial charge in [-0.05, 0) is 47.0 Å². The Kier molecular flexibility index (Phi) is 18.4. The first-order chi connectivity index (χ1) is 11.8. The first-order valence-electron chi connectivity index (χ1n) is 9.81. The second-order valence-electron chi connectivity index (χ2n) is 7.51. The molecule has 1 atom stereocenters. The van der Waals surface area contributed by atoms with Gasteiger partial charge in [-0.3, -0.25) is 9.89 Å². The molecule has 1 unspecified atom stereocenters. The molecule has 0 aliphatic rings. The Morgan fingerprint density at radius 1 is 1.04 bits per heavy atom. The van der Waals surface area contributed by atoms with Crippen molar-refractivity contribution in [2.24, 2.45) is 10.9 Å². The molecule has 0 spiro atoms. The number of guanidine groups is 1. The normalized spacial score (nSPS) is 13.5. The average Bonchev–Trinajstić information content (AvgIpc) is 2.51. The average molecular weight is 486 g/mol. The van der Waals surface area contributed by atoms with Crippen LogP contribution in [0.15, 0.2) is 4.99 Å². The minimum atomic E-state index is -0.563. The number of rotatable bonds is 13. The van der Waals surface area contributed by atoms with Gasteiger partial charge in [0, 0.05) is 38.3 Å². The van der Waals surface area contributed by atoms with Crippen LogP contribution in [-0.2, 0) is 4.74 Å². The zero-order valence-electron chi connectivity index (χ0n) is 17.9. The van der Waals surface area contributed by atoms with Crippen molar-refractivity contribution in [1.29, 1.82) is 0 Å². The molecule has 0 rings (SSSR count). The number of aliphatic hydroxyl groups is 1.